The van der Waals surface area contributed by atoms with E-state index in [0.717, 1.165) is 36.4 Å². The number of aryl methyl sites for hydroxylation is 1. The zero-order valence-corrected chi connectivity index (χ0v) is 13.6. The van der Waals surface area contributed by atoms with Crippen LogP contribution in [0.25, 0.3) is 0 Å². The van der Waals surface area contributed by atoms with Gasteiger partial charge in [-0.05, 0) is 67.3 Å². The van der Waals surface area contributed by atoms with Crippen LogP contribution in [0.3, 0.4) is 0 Å². The van der Waals surface area contributed by atoms with E-state index in [1.165, 1.54) is 17.7 Å². The fourth-order valence-corrected chi connectivity index (χ4v) is 3.10. The van der Waals surface area contributed by atoms with Crippen molar-refractivity contribution in [1.82, 2.24) is 0 Å². The van der Waals surface area contributed by atoms with Gasteiger partial charge in [-0.1, -0.05) is 17.7 Å². The van der Waals surface area contributed by atoms with E-state index in [0.29, 0.717) is 11.6 Å². The molecule has 1 heterocycles. The Morgan fingerprint density at radius 2 is 2.09 bits per heavy atom. The van der Waals surface area contributed by atoms with Gasteiger partial charge in [0, 0.05) is 24.3 Å². The van der Waals surface area contributed by atoms with Crippen molar-refractivity contribution >= 4 is 17.3 Å². The monoisotopic (exact) mass is 316 g/mol. The Hall–Kier alpha value is -1.71. The minimum absolute atomic E-state index is 0.590. The molecule has 0 spiro atoms. The third kappa shape index (κ3) is 3.21. The van der Waals surface area contributed by atoms with Crippen LogP contribution in [0.2, 0.25) is 5.02 Å². The average Bonchev–Trinajstić information content (AvgIpc) is 2.50. The summed E-state index contributed by atoms with van der Waals surface area (Å²) in [6, 6.07) is 12.0. The molecule has 0 saturated carbocycles. The van der Waals surface area contributed by atoms with Crippen LogP contribution >= 0.6 is 11.6 Å². The van der Waals surface area contributed by atoms with Gasteiger partial charge in [-0.15, -0.1) is 0 Å². The highest BCUT2D eigenvalue weighted by Gasteiger charge is 2.15. The molecule has 0 atom stereocenters. The van der Waals surface area contributed by atoms with Crippen LogP contribution in [0.15, 0.2) is 36.4 Å². The lowest BCUT2D eigenvalue weighted by Gasteiger charge is -2.27. The minimum Gasteiger partial charge on any atom is -0.457 e. The van der Waals surface area contributed by atoms with Gasteiger partial charge in [-0.3, -0.25) is 0 Å². The predicted molar refractivity (Wildman–Crippen MR) is 92.3 cm³/mol. The molecule has 0 amide bonds. The minimum atomic E-state index is 0.590. The number of hydrogen-bond donors (Lipinski definition) is 1. The van der Waals surface area contributed by atoms with Gasteiger partial charge in [0.1, 0.15) is 11.5 Å². The molecule has 116 valence electrons. The summed E-state index contributed by atoms with van der Waals surface area (Å²) in [6.07, 6.45) is 3.06. The van der Waals surface area contributed by atoms with Gasteiger partial charge in [-0.2, -0.15) is 0 Å². The zero-order chi connectivity index (χ0) is 15.5. The predicted octanol–water partition coefficient (Wildman–Crippen LogP) is 4.02. The summed E-state index contributed by atoms with van der Waals surface area (Å²) in [6.45, 7) is 1.70. The number of anilines is 1. The highest BCUT2D eigenvalue weighted by atomic mass is 35.5. The molecule has 2 aromatic carbocycles. The highest BCUT2D eigenvalue weighted by molar-refractivity contribution is 6.30. The summed E-state index contributed by atoms with van der Waals surface area (Å²) in [5.41, 5.74) is 9.40. The largest absolute Gasteiger partial charge is 0.457 e. The molecule has 0 bridgehead atoms. The van der Waals surface area contributed by atoms with Crippen molar-refractivity contribution in [1.29, 1.82) is 0 Å². The zero-order valence-electron chi connectivity index (χ0n) is 12.8. The second-order valence-corrected chi connectivity index (χ2v) is 6.14. The fourth-order valence-electron chi connectivity index (χ4n) is 2.94. The van der Waals surface area contributed by atoms with Crippen molar-refractivity contribution in [3.63, 3.8) is 0 Å². The first-order valence-electron chi connectivity index (χ1n) is 7.68. The van der Waals surface area contributed by atoms with Crippen LogP contribution in [0.5, 0.6) is 11.5 Å². The molecular weight excluding hydrogens is 296 g/mol. The molecule has 2 N–H and O–H groups in total. The first-order chi connectivity index (χ1) is 10.7. The van der Waals surface area contributed by atoms with Gasteiger partial charge >= 0.3 is 0 Å². The third-order valence-corrected chi connectivity index (χ3v) is 4.31. The number of hydrogen-bond acceptors (Lipinski definition) is 3. The van der Waals surface area contributed by atoms with Crippen molar-refractivity contribution in [3.05, 3.63) is 52.5 Å². The second-order valence-electron chi connectivity index (χ2n) is 5.71. The van der Waals surface area contributed by atoms with Crippen molar-refractivity contribution in [3.8, 4) is 11.5 Å². The molecule has 0 aromatic heterocycles. The van der Waals surface area contributed by atoms with Gasteiger partial charge < -0.3 is 15.4 Å². The van der Waals surface area contributed by atoms with E-state index >= 15 is 0 Å². The lowest BCUT2D eigenvalue weighted by Crippen LogP contribution is -2.24. The molecule has 2 aromatic rings. The molecule has 3 nitrogen and oxygen atoms in total. The van der Waals surface area contributed by atoms with Gasteiger partial charge in [0.2, 0.25) is 0 Å². The topological polar surface area (TPSA) is 38.5 Å². The maximum atomic E-state index is 6.10. The van der Waals surface area contributed by atoms with Crippen molar-refractivity contribution in [2.24, 2.45) is 5.73 Å². The number of nitrogens with two attached hydrogens (primary N) is 1. The lowest BCUT2D eigenvalue weighted by molar-refractivity contribution is 0.475. The number of benzene rings is 2. The molecule has 0 fully saturated rings. The first kappa shape index (κ1) is 15.2. The van der Waals surface area contributed by atoms with E-state index in [1.54, 1.807) is 0 Å². The van der Waals surface area contributed by atoms with Crippen LogP contribution < -0.4 is 15.4 Å². The molecule has 22 heavy (non-hydrogen) atoms. The Bertz CT molecular complexity index is 672. The van der Waals surface area contributed by atoms with E-state index in [1.807, 2.05) is 24.3 Å². The SMILES string of the molecule is CN1CCCc2cc(Oc3cc(Cl)ccc3CCN)ccc21. The maximum absolute atomic E-state index is 6.10. The van der Waals surface area contributed by atoms with Crippen LogP contribution in [0.1, 0.15) is 17.5 Å². The summed E-state index contributed by atoms with van der Waals surface area (Å²) in [7, 11) is 2.13. The quantitative estimate of drug-likeness (QED) is 0.926. The third-order valence-electron chi connectivity index (χ3n) is 4.07. The Labute approximate surface area is 136 Å². The average molecular weight is 317 g/mol. The van der Waals surface area contributed by atoms with Gasteiger partial charge in [-0.25, -0.2) is 0 Å². The Morgan fingerprint density at radius 1 is 1.23 bits per heavy atom. The Kier molecular flexibility index (Phi) is 4.55. The normalized spacial score (nSPS) is 13.9. The number of fused-ring (bicyclic) bond motifs is 1. The summed E-state index contributed by atoms with van der Waals surface area (Å²) in [5.74, 6) is 1.65. The molecule has 4 heteroatoms. The summed E-state index contributed by atoms with van der Waals surface area (Å²) < 4.78 is 6.09. The van der Waals surface area contributed by atoms with Crippen molar-refractivity contribution in [2.75, 3.05) is 25.0 Å². The van der Waals surface area contributed by atoms with Crippen molar-refractivity contribution < 1.29 is 4.74 Å². The molecule has 0 radical (unpaired) electrons. The summed E-state index contributed by atoms with van der Waals surface area (Å²) in [4.78, 5) is 2.29. The molecular formula is C18H21ClN2O. The van der Waals surface area contributed by atoms with E-state index in [-0.39, 0.29) is 0 Å². The van der Waals surface area contributed by atoms with E-state index in [9.17, 15) is 0 Å². The first-order valence-corrected chi connectivity index (χ1v) is 8.05. The van der Waals surface area contributed by atoms with Crippen molar-refractivity contribution in [2.45, 2.75) is 19.3 Å². The molecule has 3 rings (SSSR count). The molecule has 0 aliphatic carbocycles. The van der Waals surface area contributed by atoms with Crippen LogP contribution in [-0.2, 0) is 12.8 Å². The Balaban J connectivity index is 1.89. The molecule has 1 aliphatic heterocycles. The standard InChI is InChI=1S/C18H21ClN2O/c1-21-10-2-3-14-11-16(6-7-17(14)21)22-18-12-15(19)5-4-13(18)8-9-20/h4-7,11-12H,2-3,8-10,20H2,1H3. The second kappa shape index (κ2) is 6.59. The van der Waals surface area contributed by atoms with E-state index < -0.39 is 0 Å². The van der Waals surface area contributed by atoms with Crippen LogP contribution in [0, 0.1) is 0 Å². The number of rotatable bonds is 4. The molecule has 0 saturated heterocycles. The lowest BCUT2D eigenvalue weighted by atomic mass is 10.0. The number of halogens is 1. The Morgan fingerprint density at radius 3 is 2.91 bits per heavy atom. The number of nitrogens with zero attached hydrogens (tertiary/aromatic N) is 1. The number of ether oxygens (including phenoxy) is 1. The fraction of sp³-hybridized carbons (Fsp3) is 0.333. The van der Waals surface area contributed by atoms with E-state index in [4.69, 9.17) is 22.1 Å². The van der Waals surface area contributed by atoms with E-state index in [2.05, 4.69) is 24.1 Å². The van der Waals surface area contributed by atoms with Gasteiger partial charge in [0.25, 0.3) is 0 Å². The molecule has 1 aliphatic rings. The highest BCUT2D eigenvalue weighted by Crippen LogP contribution is 2.33. The maximum Gasteiger partial charge on any atom is 0.132 e. The smallest absolute Gasteiger partial charge is 0.132 e. The summed E-state index contributed by atoms with van der Waals surface area (Å²) in [5, 5.41) is 0.675. The molecule has 0 unspecified atom stereocenters. The van der Waals surface area contributed by atoms with Crippen LogP contribution in [-0.4, -0.2) is 20.1 Å². The van der Waals surface area contributed by atoms with Crippen LogP contribution in [0.4, 0.5) is 5.69 Å². The summed E-state index contributed by atoms with van der Waals surface area (Å²) >= 11 is 6.10. The van der Waals surface area contributed by atoms with Gasteiger partial charge in [0.05, 0.1) is 0 Å². The van der Waals surface area contributed by atoms with Gasteiger partial charge in [0.15, 0.2) is 0 Å².